The van der Waals surface area contributed by atoms with Crippen LogP contribution in [0.25, 0.3) is 0 Å². The van der Waals surface area contributed by atoms with Crippen molar-refractivity contribution < 1.29 is 0 Å². The zero-order valence-electron chi connectivity index (χ0n) is 7.97. The molecule has 2 fully saturated rings. The first kappa shape index (κ1) is 8.52. The van der Waals surface area contributed by atoms with E-state index in [-0.39, 0.29) is 0 Å². The monoisotopic (exact) mass is 168 g/mol. The van der Waals surface area contributed by atoms with Crippen molar-refractivity contribution >= 4 is 0 Å². The Morgan fingerprint density at radius 3 is 2.58 bits per heavy atom. The van der Waals surface area contributed by atoms with Gasteiger partial charge in [0.2, 0.25) is 0 Å². The standard InChI is InChI=1S/C10H20N2/c1-8(6-12-10-4-5-10)11-7-9-2-3-9/h8-12H,2-7H2,1H3. The minimum atomic E-state index is 0.659. The van der Waals surface area contributed by atoms with Gasteiger partial charge >= 0.3 is 0 Å². The fourth-order valence-electron chi connectivity index (χ4n) is 1.39. The highest BCUT2D eigenvalue weighted by molar-refractivity contribution is 4.83. The normalized spacial score (nSPS) is 25.8. The third kappa shape index (κ3) is 3.11. The lowest BCUT2D eigenvalue weighted by atomic mass is 10.3. The Morgan fingerprint density at radius 2 is 2.00 bits per heavy atom. The molecule has 1 unspecified atom stereocenters. The Bertz CT molecular complexity index is 123. The molecular formula is C10H20N2. The summed E-state index contributed by atoms with van der Waals surface area (Å²) in [4.78, 5) is 0. The molecule has 2 rings (SSSR count). The van der Waals surface area contributed by atoms with Crippen molar-refractivity contribution in [3.8, 4) is 0 Å². The quantitative estimate of drug-likeness (QED) is 0.621. The molecule has 0 aliphatic heterocycles. The second-order valence-corrected chi connectivity index (χ2v) is 4.44. The van der Waals surface area contributed by atoms with Crippen LogP contribution in [0.4, 0.5) is 0 Å². The van der Waals surface area contributed by atoms with Crippen LogP contribution in [0.1, 0.15) is 32.6 Å². The molecule has 0 radical (unpaired) electrons. The summed E-state index contributed by atoms with van der Waals surface area (Å²) in [6, 6.07) is 1.52. The zero-order valence-corrected chi connectivity index (χ0v) is 7.97. The predicted molar refractivity (Wildman–Crippen MR) is 51.2 cm³/mol. The van der Waals surface area contributed by atoms with Crippen LogP contribution in [-0.4, -0.2) is 25.2 Å². The predicted octanol–water partition coefficient (Wildman–Crippen LogP) is 1.13. The van der Waals surface area contributed by atoms with E-state index < -0.39 is 0 Å². The number of hydrogen-bond donors (Lipinski definition) is 2. The van der Waals surface area contributed by atoms with Crippen molar-refractivity contribution in [3.63, 3.8) is 0 Å². The summed E-state index contributed by atoms with van der Waals surface area (Å²) >= 11 is 0. The summed E-state index contributed by atoms with van der Waals surface area (Å²) in [7, 11) is 0. The van der Waals surface area contributed by atoms with Crippen molar-refractivity contribution in [2.45, 2.75) is 44.7 Å². The largest absolute Gasteiger partial charge is 0.313 e. The Hall–Kier alpha value is -0.0800. The molecule has 2 aliphatic rings. The van der Waals surface area contributed by atoms with Crippen molar-refractivity contribution in [3.05, 3.63) is 0 Å². The minimum Gasteiger partial charge on any atom is -0.313 e. The molecule has 0 saturated heterocycles. The van der Waals surface area contributed by atoms with Crippen LogP contribution in [0.15, 0.2) is 0 Å². The Balaban J connectivity index is 1.47. The van der Waals surface area contributed by atoms with E-state index in [0.29, 0.717) is 6.04 Å². The van der Waals surface area contributed by atoms with Gasteiger partial charge in [-0.3, -0.25) is 0 Å². The minimum absolute atomic E-state index is 0.659. The van der Waals surface area contributed by atoms with Gasteiger partial charge in [0.25, 0.3) is 0 Å². The van der Waals surface area contributed by atoms with Crippen molar-refractivity contribution in [1.29, 1.82) is 0 Å². The summed E-state index contributed by atoms with van der Waals surface area (Å²) < 4.78 is 0. The van der Waals surface area contributed by atoms with Gasteiger partial charge < -0.3 is 10.6 Å². The Morgan fingerprint density at radius 1 is 1.25 bits per heavy atom. The first-order valence-corrected chi connectivity index (χ1v) is 5.31. The van der Waals surface area contributed by atoms with Gasteiger partial charge in [0.05, 0.1) is 0 Å². The van der Waals surface area contributed by atoms with E-state index in [0.717, 1.165) is 18.5 Å². The van der Waals surface area contributed by atoms with Crippen LogP contribution in [0, 0.1) is 5.92 Å². The maximum Gasteiger partial charge on any atom is 0.0164 e. The van der Waals surface area contributed by atoms with Crippen LogP contribution in [0.5, 0.6) is 0 Å². The molecule has 1 atom stereocenters. The molecule has 2 N–H and O–H groups in total. The average molecular weight is 168 g/mol. The highest BCUT2D eigenvalue weighted by Crippen LogP contribution is 2.27. The molecule has 0 aromatic carbocycles. The maximum absolute atomic E-state index is 3.57. The van der Waals surface area contributed by atoms with Gasteiger partial charge in [-0.1, -0.05) is 0 Å². The van der Waals surface area contributed by atoms with E-state index in [1.54, 1.807) is 0 Å². The van der Waals surface area contributed by atoms with E-state index in [1.165, 1.54) is 32.2 Å². The third-order valence-corrected chi connectivity index (χ3v) is 2.74. The van der Waals surface area contributed by atoms with Gasteiger partial charge in [-0.05, 0) is 45.1 Å². The van der Waals surface area contributed by atoms with Crippen LogP contribution in [0.3, 0.4) is 0 Å². The first-order valence-electron chi connectivity index (χ1n) is 5.31. The smallest absolute Gasteiger partial charge is 0.0164 e. The molecule has 2 nitrogen and oxygen atoms in total. The van der Waals surface area contributed by atoms with Gasteiger partial charge in [0.15, 0.2) is 0 Å². The van der Waals surface area contributed by atoms with Crippen LogP contribution in [-0.2, 0) is 0 Å². The topological polar surface area (TPSA) is 24.1 Å². The molecule has 12 heavy (non-hydrogen) atoms. The fourth-order valence-corrected chi connectivity index (χ4v) is 1.39. The molecular weight excluding hydrogens is 148 g/mol. The number of nitrogens with one attached hydrogen (secondary N) is 2. The molecule has 2 aliphatic carbocycles. The van der Waals surface area contributed by atoms with Crippen molar-refractivity contribution in [2.24, 2.45) is 5.92 Å². The van der Waals surface area contributed by atoms with E-state index in [9.17, 15) is 0 Å². The zero-order chi connectivity index (χ0) is 8.39. The molecule has 0 aromatic heterocycles. The van der Waals surface area contributed by atoms with Gasteiger partial charge in [-0.2, -0.15) is 0 Å². The summed E-state index contributed by atoms with van der Waals surface area (Å²) in [6.07, 6.45) is 5.70. The number of rotatable bonds is 6. The van der Waals surface area contributed by atoms with E-state index >= 15 is 0 Å². The van der Waals surface area contributed by atoms with Crippen molar-refractivity contribution in [2.75, 3.05) is 13.1 Å². The second kappa shape index (κ2) is 3.75. The maximum atomic E-state index is 3.57. The summed E-state index contributed by atoms with van der Waals surface area (Å²) in [5.74, 6) is 1.01. The van der Waals surface area contributed by atoms with Crippen LogP contribution >= 0.6 is 0 Å². The first-order chi connectivity index (χ1) is 5.84. The lowest BCUT2D eigenvalue weighted by molar-refractivity contribution is 0.488. The molecule has 0 aromatic rings. The third-order valence-electron chi connectivity index (χ3n) is 2.74. The number of hydrogen-bond acceptors (Lipinski definition) is 2. The van der Waals surface area contributed by atoms with Crippen LogP contribution in [0.2, 0.25) is 0 Å². The van der Waals surface area contributed by atoms with Gasteiger partial charge in [-0.25, -0.2) is 0 Å². The molecule has 2 heteroatoms. The second-order valence-electron chi connectivity index (χ2n) is 4.44. The SMILES string of the molecule is CC(CNC1CC1)NCC1CC1. The van der Waals surface area contributed by atoms with Gasteiger partial charge in [0.1, 0.15) is 0 Å². The summed E-state index contributed by atoms with van der Waals surface area (Å²) in [5.41, 5.74) is 0. The molecule has 2 saturated carbocycles. The highest BCUT2D eigenvalue weighted by atomic mass is 15.0. The lowest BCUT2D eigenvalue weighted by Crippen LogP contribution is -2.38. The van der Waals surface area contributed by atoms with Gasteiger partial charge in [0, 0.05) is 18.6 Å². The highest BCUT2D eigenvalue weighted by Gasteiger charge is 2.23. The van der Waals surface area contributed by atoms with Crippen LogP contribution < -0.4 is 10.6 Å². The van der Waals surface area contributed by atoms with E-state index in [4.69, 9.17) is 0 Å². The fraction of sp³-hybridized carbons (Fsp3) is 1.00. The molecule has 0 amide bonds. The molecule has 0 spiro atoms. The van der Waals surface area contributed by atoms with E-state index in [1.807, 2.05) is 0 Å². The van der Waals surface area contributed by atoms with E-state index in [2.05, 4.69) is 17.6 Å². The molecule has 70 valence electrons. The van der Waals surface area contributed by atoms with Crippen molar-refractivity contribution in [1.82, 2.24) is 10.6 Å². The molecule has 0 bridgehead atoms. The lowest BCUT2D eigenvalue weighted by Gasteiger charge is -2.13. The Labute approximate surface area is 75.1 Å². The average Bonchev–Trinajstić information content (AvgIpc) is 2.89. The van der Waals surface area contributed by atoms with Gasteiger partial charge in [-0.15, -0.1) is 0 Å². The summed E-state index contributed by atoms with van der Waals surface area (Å²) in [6.45, 7) is 4.67. The Kier molecular flexibility index (Phi) is 2.66. The summed E-state index contributed by atoms with van der Waals surface area (Å²) in [5, 5.41) is 7.10. The molecule has 0 heterocycles.